The number of carboxylic acids is 1. The van der Waals surface area contributed by atoms with Gasteiger partial charge in [0.15, 0.2) is 0 Å². The van der Waals surface area contributed by atoms with Gasteiger partial charge in [-0.1, -0.05) is 12.1 Å². The van der Waals surface area contributed by atoms with Crippen LogP contribution in [0.3, 0.4) is 0 Å². The van der Waals surface area contributed by atoms with Gasteiger partial charge in [0.2, 0.25) is 0 Å². The van der Waals surface area contributed by atoms with E-state index in [9.17, 15) is 4.79 Å². The Hall–Kier alpha value is -1.84. The maximum Gasteiger partial charge on any atom is 0.307 e. The Morgan fingerprint density at radius 2 is 2.38 bits per heavy atom. The normalized spacial score (nSPS) is 23.6. The van der Waals surface area contributed by atoms with Gasteiger partial charge < -0.3 is 5.11 Å². The van der Waals surface area contributed by atoms with Gasteiger partial charge in [0.05, 0.1) is 11.4 Å². The van der Waals surface area contributed by atoms with E-state index in [0.29, 0.717) is 0 Å². The predicted molar refractivity (Wildman–Crippen MR) is 59.2 cm³/mol. The topological polar surface area (TPSA) is 55.1 Å². The lowest BCUT2D eigenvalue weighted by Gasteiger charge is -1.99. The molecule has 82 valence electrons. The SMILES string of the molecule is Cn1cc2c(C3CC3C(=O)O)cccc2n1. The average molecular weight is 216 g/mol. The molecule has 1 fully saturated rings. The first-order valence-electron chi connectivity index (χ1n) is 5.32. The summed E-state index contributed by atoms with van der Waals surface area (Å²) in [6, 6.07) is 5.91. The number of hydrogen-bond donors (Lipinski definition) is 1. The molecule has 1 saturated carbocycles. The number of aromatic nitrogens is 2. The summed E-state index contributed by atoms with van der Waals surface area (Å²) < 4.78 is 1.77. The second-order valence-corrected chi connectivity index (χ2v) is 4.37. The van der Waals surface area contributed by atoms with Gasteiger partial charge in [-0.3, -0.25) is 9.48 Å². The number of carboxylic acid groups (broad SMARTS) is 1. The minimum atomic E-state index is -0.689. The van der Waals surface area contributed by atoms with E-state index in [4.69, 9.17) is 5.11 Å². The van der Waals surface area contributed by atoms with Crippen molar-refractivity contribution in [2.75, 3.05) is 0 Å². The zero-order chi connectivity index (χ0) is 11.3. The van der Waals surface area contributed by atoms with Gasteiger partial charge in [-0.25, -0.2) is 0 Å². The first-order chi connectivity index (χ1) is 7.66. The van der Waals surface area contributed by atoms with E-state index in [0.717, 1.165) is 22.9 Å². The second kappa shape index (κ2) is 3.07. The molecule has 1 heterocycles. The summed E-state index contributed by atoms with van der Waals surface area (Å²) in [5, 5.41) is 14.3. The van der Waals surface area contributed by atoms with Crippen molar-refractivity contribution in [2.45, 2.75) is 12.3 Å². The third-order valence-corrected chi connectivity index (χ3v) is 3.21. The summed E-state index contributed by atoms with van der Waals surface area (Å²) in [6.45, 7) is 0. The lowest BCUT2D eigenvalue weighted by atomic mass is 10.0. The second-order valence-electron chi connectivity index (χ2n) is 4.37. The van der Waals surface area contributed by atoms with Crippen LogP contribution in [-0.2, 0) is 11.8 Å². The molecule has 4 heteroatoms. The number of fused-ring (bicyclic) bond motifs is 1. The number of hydrogen-bond acceptors (Lipinski definition) is 2. The van der Waals surface area contributed by atoms with Crippen molar-refractivity contribution in [1.82, 2.24) is 9.78 Å². The Labute approximate surface area is 92.5 Å². The highest BCUT2D eigenvalue weighted by Crippen LogP contribution is 2.49. The largest absolute Gasteiger partial charge is 0.481 e. The molecule has 1 aromatic heterocycles. The summed E-state index contributed by atoms with van der Waals surface area (Å²) in [5.41, 5.74) is 2.06. The third-order valence-electron chi connectivity index (χ3n) is 3.21. The van der Waals surface area contributed by atoms with Crippen LogP contribution < -0.4 is 0 Å². The van der Waals surface area contributed by atoms with Gasteiger partial charge in [-0.2, -0.15) is 5.10 Å². The molecule has 2 aromatic rings. The summed E-state index contributed by atoms with van der Waals surface area (Å²) in [4.78, 5) is 10.9. The molecule has 0 aliphatic heterocycles. The zero-order valence-corrected chi connectivity index (χ0v) is 8.92. The smallest absolute Gasteiger partial charge is 0.307 e. The van der Waals surface area contributed by atoms with E-state index in [1.165, 1.54) is 0 Å². The van der Waals surface area contributed by atoms with Crippen molar-refractivity contribution in [1.29, 1.82) is 0 Å². The lowest BCUT2D eigenvalue weighted by Crippen LogP contribution is -1.98. The van der Waals surface area contributed by atoms with Crippen molar-refractivity contribution in [3.63, 3.8) is 0 Å². The third kappa shape index (κ3) is 1.30. The van der Waals surface area contributed by atoms with E-state index < -0.39 is 5.97 Å². The van der Waals surface area contributed by atoms with Gasteiger partial charge in [0.1, 0.15) is 0 Å². The van der Waals surface area contributed by atoms with Crippen LogP contribution in [0.15, 0.2) is 24.4 Å². The molecule has 3 rings (SSSR count). The van der Waals surface area contributed by atoms with Crippen LogP contribution in [0.5, 0.6) is 0 Å². The van der Waals surface area contributed by atoms with Crippen molar-refractivity contribution in [2.24, 2.45) is 13.0 Å². The number of rotatable bonds is 2. The zero-order valence-electron chi connectivity index (χ0n) is 8.92. The summed E-state index contributed by atoms with van der Waals surface area (Å²) >= 11 is 0. The molecule has 1 N–H and O–H groups in total. The molecule has 4 nitrogen and oxygen atoms in total. The Morgan fingerprint density at radius 3 is 3.06 bits per heavy atom. The van der Waals surface area contributed by atoms with E-state index in [1.54, 1.807) is 4.68 Å². The lowest BCUT2D eigenvalue weighted by molar-refractivity contribution is -0.138. The van der Waals surface area contributed by atoms with Crippen LogP contribution in [0.4, 0.5) is 0 Å². The highest BCUT2D eigenvalue weighted by atomic mass is 16.4. The fourth-order valence-corrected chi connectivity index (χ4v) is 2.32. The average Bonchev–Trinajstić information content (AvgIpc) is 2.93. The van der Waals surface area contributed by atoms with Crippen molar-refractivity contribution >= 4 is 16.9 Å². The standard InChI is InChI=1S/C12H12N2O2/c1-14-6-10-7(3-2-4-11(10)13-14)8-5-9(8)12(15)16/h2-4,6,8-9H,5H2,1H3,(H,15,16). The van der Waals surface area contributed by atoms with Crippen molar-refractivity contribution in [3.8, 4) is 0 Å². The molecule has 0 amide bonds. The highest BCUT2D eigenvalue weighted by Gasteiger charge is 2.44. The van der Waals surface area contributed by atoms with Crippen molar-refractivity contribution in [3.05, 3.63) is 30.0 Å². The summed E-state index contributed by atoms with van der Waals surface area (Å²) in [5.74, 6) is -0.720. The molecule has 0 saturated heterocycles. The first-order valence-corrected chi connectivity index (χ1v) is 5.32. The van der Waals surface area contributed by atoms with E-state index in [1.807, 2.05) is 31.4 Å². The van der Waals surface area contributed by atoms with Crippen LogP contribution >= 0.6 is 0 Å². The first kappa shape index (κ1) is 9.39. The van der Waals surface area contributed by atoms with E-state index in [-0.39, 0.29) is 11.8 Å². The van der Waals surface area contributed by atoms with Crippen LogP contribution in [0, 0.1) is 5.92 Å². The van der Waals surface area contributed by atoms with Gasteiger partial charge in [0.25, 0.3) is 0 Å². The molecule has 2 unspecified atom stereocenters. The molecule has 0 bridgehead atoms. The molecule has 0 spiro atoms. The molecule has 1 aliphatic carbocycles. The number of carbonyl (C=O) groups is 1. The van der Waals surface area contributed by atoms with Gasteiger partial charge in [0, 0.05) is 18.6 Å². The van der Waals surface area contributed by atoms with Crippen LogP contribution in [0.1, 0.15) is 17.9 Å². The Kier molecular flexibility index (Phi) is 1.80. The Balaban J connectivity index is 2.08. The van der Waals surface area contributed by atoms with Crippen LogP contribution in [0.2, 0.25) is 0 Å². The molecular formula is C12H12N2O2. The van der Waals surface area contributed by atoms with E-state index in [2.05, 4.69) is 5.10 Å². The minimum Gasteiger partial charge on any atom is -0.481 e. The number of aliphatic carboxylic acids is 1. The molecule has 0 radical (unpaired) electrons. The predicted octanol–water partition coefficient (Wildman–Crippen LogP) is 1.76. The molecule has 1 aromatic carbocycles. The fraction of sp³-hybridized carbons (Fsp3) is 0.333. The monoisotopic (exact) mass is 216 g/mol. The number of benzene rings is 1. The molecule has 16 heavy (non-hydrogen) atoms. The Bertz CT molecular complexity index is 573. The molecule has 2 atom stereocenters. The van der Waals surface area contributed by atoms with Crippen molar-refractivity contribution < 1.29 is 9.90 Å². The van der Waals surface area contributed by atoms with Gasteiger partial charge >= 0.3 is 5.97 Å². The highest BCUT2D eigenvalue weighted by molar-refractivity contribution is 5.85. The minimum absolute atomic E-state index is 0.172. The molecular weight excluding hydrogens is 204 g/mol. The number of nitrogens with zero attached hydrogens (tertiary/aromatic N) is 2. The van der Waals surface area contributed by atoms with Crippen LogP contribution in [0.25, 0.3) is 10.9 Å². The van der Waals surface area contributed by atoms with Crippen LogP contribution in [-0.4, -0.2) is 20.9 Å². The quantitative estimate of drug-likeness (QED) is 0.832. The Morgan fingerprint density at radius 1 is 1.56 bits per heavy atom. The maximum atomic E-state index is 10.9. The molecule has 1 aliphatic rings. The summed E-state index contributed by atoms with van der Waals surface area (Å²) in [7, 11) is 1.88. The number of aryl methyl sites for hydroxylation is 1. The van der Waals surface area contributed by atoms with Gasteiger partial charge in [-0.05, 0) is 24.0 Å². The summed E-state index contributed by atoms with van der Waals surface area (Å²) in [6.07, 6.45) is 2.71. The van der Waals surface area contributed by atoms with Gasteiger partial charge in [-0.15, -0.1) is 0 Å². The van der Waals surface area contributed by atoms with E-state index >= 15 is 0 Å². The maximum absolute atomic E-state index is 10.9. The fourth-order valence-electron chi connectivity index (χ4n) is 2.32.